The van der Waals surface area contributed by atoms with Crippen molar-refractivity contribution in [1.29, 1.82) is 0 Å². The van der Waals surface area contributed by atoms with E-state index in [1.54, 1.807) is 12.1 Å². The van der Waals surface area contributed by atoms with Crippen LogP contribution in [-0.4, -0.2) is 29.1 Å². The Bertz CT molecular complexity index is 419. The summed E-state index contributed by atoms with van der Waals surface area (Å²) in [5, 5.41) is 10.3. The molecule has 1 aromatic carbocycles. The standard InChI is InChI=1S/C16H22FNO/c17-14-7-5-13(6-8-14)16(19)11-18-10-9-12-3-1-2-4-15(12)18/h5-8,12,15-16,19H,1-4,9-11H2. The van der Waals surface area contributed by atoms with Gasteiger partial charge in [-0.25, -0.2) is 4.39 Å². The van der Waals surface area contributed by atoms with E-state index in [1.165, 1.54) is 44.2 Å². The smallest absolute Gasteiger partial charge is 0.123 e. The third kappa shape index (κ3) is 2.82. The minimum atomic E-state index is -0.499. The zero-order chi connectivity index (χ0) is 13.2. The summed E-state index contributed by atoms with van der Waals surface area (Å²) < 4.78 is 12.9. The van der Waals surface area contributed by atoms with E-state index in [1.807, 2.05) is 0 Å². The molecule has 0 bridgehead atoms. The van der Waals surface area contributed by atoms with Gasteiger partial charge in [0.05, 0.1) is 6.10 Å². The molecule has 3 heteroatoms. The number of likely N-dealkylation sites (tertiary alicyclic amines) is 1. The predicted molar refractivity (Wildman–Crippen MR) is 73.3 cm³/mol. The van der Waals surface area contributed by atoms with Crippen molar-refractivity contribution in [3.8, 4) is 0 Å². The van der Waals surface area contributed by atoms with Crippen LogP contribution in [0.5, 0.6) is 0 Å². The van der Waals surface area contributed by atoms with Crippen LogP contribution in [0.3, 0.4) is 0 Å². The highest BCUT2D eigenvalue weighted by Gasteiger charge is 2.36. The quantitative estimate of drug-likeness (QED) is 0.905. The summed E-state index contributed by atoms with van der Waals surface area (Å²) in [4.78, 5) is 2.44. The molecule has 2 aliphatic rings. The first-order chi connectivity index (χ1) is 9.24. The van der Waals surface area contributed by atoms with Crippen LogP contribution in [0.25, 0.3) is 0 Å². The Hall–Kier alpha value is -0.930. The summed E-state index contributed by atoms with van der Waals surface area (Å²) in [6.45, 7) is 1.79. The zero-order valence-electron chi connectivity index (χ0n) is 11.3. The first kappa shape index (κ1) is 13.1. The first-order valence-corrected chi connectivity index (χ1v) is 7.41. The van der Waals surface area contributed by atoms with E-state index >= 15 is 0 Å². The molecule has 1 aromatic rings. The van der Waals surface area contributed by atoms with Gasteiger partial charge in [-0.05, 0) is 49.4 Å². The number of fused-ring (bicyclic) bond motifs is 1. The average molecular weight is 263 g/mol. The summed E-state index contributed by atoms with van der Waals surface area (Å²) in [6, 6.07) is 6.89. The van der Waals surface area contributed by atoms with Gasteiger partial charge in [-0.15, -0.1) is 0 Å². The van der Waals surface area contributed by atoms with Crippen LogP contribution in [0, 0.1) is 11.7 Å². The highest BCUT2D eigenvalue weighted by atomic mass is 19.1. The molecule has 0 aromatic heterocycles. The lowest BCUT2D eigenvalue weighted by molar-refractivity contribution is 0.0893. The number of aliphatic hydroxyl groups is 1. The summed E-state index contributed by atoms with van der Waals surface area (Å²) in [7, 11) is 0. The molecule has 1 aliphatic carbocycles. The number of rotatable bonds is 3. The molecule has 1 saturated heterocycles. The Morgan fingerprint density at radius 3 is 2.68 bits per heavy atom. The molecule has 0 radical (unpaired) electrons. The van der Waals surface area contributed by atoms with E-state index in [4.69, 9.17) is 0 Å². The second-order valence-electron chi connectivity index (χ2n) is 5.96. The van der Waals surface area contributed by atoms with Crippen molar-refractivity contribution >= 4 is 0 Å². The molecule has 3 unspecified atom stereocenters. The molecule has 2 fully saturated rings. The highest BCUT2D eigenvalue weighted by Crippen LogP contribution is 2.36. The Morgan fingerprint density at radius 2 is 1.89 bits per heavy atom. The summed E-state index contributed by atoms with van der Waals surface area (Å²) in [6.07, 6.45) is 6.11. The second kappa shape index (κ2) is 5.59. The van der Waals surface area contributed by atoms with Gasteiger partial charge in [0, 0.05) is 12.6 Å². The Labute approximate surface area is 114 Å². The monoisotopic (exact) mass is 263 g/mol. The SMILES string of the molecule is OC(CN1CCC2CCCCC21)c1ccc(F)cc1. The maximum Gasteiger partial charge on any atom is 0.123 e. The lowest BCUT2D eigenvalue weighted by atomic mass is 9.85. The zero-order valence-corrected chi connectivity index (χ0v) is 11.3. The van der Waals surface area contributed by atoms with E-state index in [-0.39, 0.29) is 5.82 Å². The first-order valence-electron chi connectivity index (χ1n) is 7.41. The van der Waals surface area contributed by atoms with Gasteiger partial charge in [-0.2, -0.15) is 0 Å². The molecule has 1 heterocycles. The molecule has 2 nitrogen and oxygen atoms in total. The topological polar surface area (TPSA) is 23.5 Å². The van der Waals surface area contributed by atoms with Crippen molar-refractivity contribution in [2.24, 2.45) is 5.92 Å². The number of hydrogen-bond donors (Lipinski definition) is 1. The van der Waals surface area contributed by atoms with Crippen LogP contribution in [0.15, 0.2) is 24.3 Å². The Balaban J connectivity index is 1.63. The van der Waals surface area contributed by atoms with Gasteiger partial charge in [0.25, 0.3) is 0 Å². The van der Waals surface area contributed by atoms with Crippen LogP contribution >= 0.6 is 0 Å². The maximum absolute atomic E-state index is 12.9. The summed E-state index contributed by atoms with van der Waals surface area (Å²) >= 11 is 0. The molecular formula is C16H22FNO. The van der Waals surface area contributed by atoms with Crippen LogP contribution in [-0.2, 0) is 0 Å². The van der Waals surface area contributed by atoms with Gasteiger partial charge in [0.1, 0.15) is 5.82 Å². The third-order valence-electron chi connectivity index (χ3n) is 4.79. The number of benzene rings is 1. The van der Waals surface area contributed by atoms with Crippen molar-refractivity contribution < 1.29 is 9.50 Å². The van der Waals surface area contributed by atoms with E-state index in [9.17, 15) is 9.50 Å². The van der Waals surface area contributed by atoms with E-state index in [0.29, 0.717) is 12.6 Å². The van der Waals surface area contributed by atoms with Gasteiger partial charge in [0.2, 0.25) is 0 Å². The van der Waals surface area contributed by atoms with E-state index in [0.717, 1.165) is 18.0 Å². The van der Waals surface area contributed by atoms with Gasteiger partial charge >= 0.3 is 0 Å². The van der Waals surface area contributed by atoms with E-state index < -0.39 is 6.10 Å². The predicted octanol–water partition coefficient (Wildman–Crippen LogP) is 3.12. The number of hydrogen-bond acceptors (Lipinski definition) is 2. The fourth-order valence-corrected chi connectivity index (χ4v) is 3.74. The highest BCUT2D eigenvalue weighted by molar-refractivity contribution is 5.19. The molecule has 19 heavy (non-hydrogen) atoms. The lowest BCUT2D eigenvalue weighted by Crippen LogP contribution is -2.37. The average Bonchev–Trinajstić information content (AvgIpc) is 2.83. The number of halogens is 1. The van der Waals surface area contributed by atoms with Crippen molar-refractivity contribution in [3.05, 3.63) is 35.6 Å². The fraction of sp³-hybridized carbons (Fsp3) is 0.625. The third-order valence-corrected chi connectivity index (χ3v) is 4.79. The molecule has 1 aliphatic heterocycles. The molecule has 0 amide bonds. The van der Waals surface area contributed by atoms with Crippen molar-refractivity contribution in [2.75, 3.05) is 13.1 Å². The molecule has 1 saturated carbocycles. The van der Waals surface area contributed by atoms with E-state index in [2.05, 4.69) is 4.90 Å². The van der Waals surface area contributed by atoms with Crippen molar-refractivity contribution in [1.82, 2.24) is 4.90 Å². The molecule has 104 valence electrons. The van der Waals surface area contributed by atoms with Gasteiger partial charge in [-0.1, -0.05) is 25.0 Å². The van der Waals surface area contributed by atoms with Crippen LogP contribution in [0.2, 0.25) is 0 Å². The minimum Gasteiger partial charge on any atom is -0.387 e. The number of nitrogens with zero attached hydrogens (tertiary/aromatic N) is 1. The lowest BCUT2D eigenvalue weighted by Gasteiger charge is -2.32. The van der Waals surface area contributed by atoms with Crippen molar-refractivity contribution in [2.45, 2.75) is 44.2 Å². The van der Waals surface area contributed by atoms with Gasteiger partial charge in [0.15, 0.2) is 0 Å². The molecule has 3 atom stereocenters. The number of aliphatic hydroxyl groups excluding tert-OH is 1. The van der Waals surface area contributed by atoms with Gasteiger partial charge in [-0.3, -0.25) is 4.90 Å². The van der Waals surface area contributed by atoms with Crippen LogP contribution < -0.4 is 0 Å². The summed E-state index contributed by atoms with van der Waals surface area (Å²) in [5.41, 5.74) is 0.820. The Morgan fingerprint density at radius 1 is 1.16 bits per heavy atom. The Kier molecular flexibility index (Phi) is 3.85. The van der Waals surface area contributed by atoms with Crippen LogP contribution in [0.4, 0.5) is 4.39 Å². The molecular weight excluding hydrogens is 241 g/mol. The molecule has 3 rings (SSSR count). The van der Waals surface area contributed by atoms with Gasteiger partial charge < -0.3 is 5.11 Å². The number of β-amino-alcohol motifs (C(OH)–C–C–N with tert-alkyl or cyclic N) is 1. The van der Waals surface area contributed by atoms with Crippen LogP contribution in [0.1, 0.15) is 43.8 Å². The van der Waals surface area contributed by atoms with Crippen molar-refractivity contribution in [3.63, 3.8) is 0 Å². The molecule has 0 spiro atoms. The molecule has 1 N–H and O–H groups in total. The second-order valence-corrected chi connectivity index (χ2v) is 5.96. The summed E-state index contributed by atoms with van der Waals surface area (Å²) in [5.74, 6) is 0.596. The maximum atomic E-state index is 12.9. The minimum absolute atomic E-state index is 0.246. The normalized spacial score (nSPS) is 29.2. The largest absolute Gasteiger partial charge is 0.387 e. The fourth-order valence-electron chi connectivity index (χ4n) is 3.74.